The molecule has 4 aromatic rings. The number of alkyl halides is 3. The summed E-state index contributed by atoms with van der Waals surface area (Å²) >= 11 is 0. The summed E-state index contributed by atoms with van der Waals surface area (Å²) in [6, 6.07) is 13.4. The van der Waals surface area contributed by atoms with Gasteiger partial charge in [0.1, 0.15) is 11.5 Å². The predicted molar refractivity (Wildman–Crippen MR) is 108 cm³/mol. The number of fused-ring (bicyclic) bond motifs is 1. The number of rotatable bonds is 6. The van der Waals surface area contributed by atoms with Crippen LogP contribution < -0.4 is 5.32 Å². The fourth-order valence-corrected chi connectivity index (χ4v) is 3.28. The van der Waals surface area contributed by atoms with Gasteiger partial charge in [-0.3, -0.25) is 10.1 Å². The molecule has 0 bridgehead atoms. The van der Waals surface area contributed by atoms with E-state index in [1.165, 1.54) is 18.4 Å². The van der Waals surface area contributed by atoms with Crippen LogP contribution in [0.15, 0.2) is 65.3 Å². The molecule has 0 saturated heterocycles. The van der Waals surface area contributed by atoms with Crippen LogP contribution in [0.1, 0.15) is 23.3 Å². The lowest BCUT2D eigenvalue weighted by atomic mass is 10.1. The molecule has 160 valence electrons. The van der Waals surface area contributed by atoms with Crippen molar-refractivity contribution in [2.75, 3.05) is 5.32 Å². The van der Waals surface area contributed by atoms with Crippen molar-refractivity contribution in [1.82, 2.24) is 9.55 Å². The van der Waals surface area contributed by atoms with Gasteiger partial charge in [-0.1, -0.05) is 18.2 Å². The van der Waals surface area contributed by atoms with Crippen LogP contribution in [-0.2, 0) is 23.9 Å². The molecule has 0 radical (unpaired) electrons. The second-order valence-corrected chi connectivity index (χ2v) is 6.98. The van der Waals surface area contributed by atoms with Crippen molar-refractivity contribution in [2.45, 2.75) is 25.6 Å². The van der Waals surface area contributed by atoms with Crippen molar-refractivity contribution in [3.05, 3.63) is 77.7 Å². The number of hydrogen-bond donors (Lipinski definition) is 2. The normalized spacial score (nSPS) is 11.7. The third kappa shape index (κ3) is 4.55. The number of hydrogen-bond acceptors (Lipinski definition) is 4. The number of aromatic hydroxyl groups is 1. The summed E-state index contributed by atoms with van der Waals surface area (Å²) in [5.41, 5.74) is 0.342. The van der Waals surface area contributed by atoms with Crippen LogP contribution in [0.5, 0.6) is 5.75 Å². The molecule has 0 fully saturated rings. The maximum atomic E-state index is 13.1. The summed E-state index contributed by atoms with van der Waals surface area (Å²) in [7, 11) is 0. The van der Waals surface area contributed by atoms with Gasteiger partial charge in [0.05, 0.1) is 29.4 Å². The molecular formula is C22H18F3N3O3. The van der Waals surface area contributed by atoms with Crippen molar-refractivity contribution >= 4 is 22.9 Å². The number of benzene rings is 2. The number of anilines is 1. The van der Waals surface area contributed by atoms with Gasteiger partial charge in [0, 0.05) is 6.42 Å². The average molecular weight is 429 g/mol. The lowest BCUT2D eigenvalue weighted by Crippen LogP contribution is -2.16. The van der Waals surface area contributed by atoms with Crippen LogP contribution in [0, 0.1) is 0 Å². The van der Waals surface area contributed by atoms with Crippen LogP contribution in [0.4, 0.5) is 19.1 Å². The first-order valence-corrected chi connectivity index (χ1v) is 9.48. The van der Waals surface area contributed by atoms with Gasteiger partial charge in [-0.2, -0.15) is 13.2 Å². The largest absolute Gasteiger partial charge is 0.508 e. The van der Waals surface area contributed by atoms with E-state index in [9.17, 15) is 23.1 Å². The highest BCUT2D eigenvalue weighted by Crippen LogP contribution is 2.32. The predicted octanol–water partition coefficient (Wildman–Crippen LogP) is 4.97. The van der Waals surface area contributed by atoms with Crippen LogP contribution in [0.3, 0.4) is 0 Å². The highest BCUT2D eigenvalue weighted by atomic mass is 19.4. The molecule has 0 aliphatic heterocycles. The fraction of sp³-hybridized carbons (Fsp3) is 0.182. The third-order valence-electron chi connectivity index (χ3n) is 4.83. The molecule has 1 amide bonds. The molecule has 6 nitrogen and oxygen atoms in total. The van der Waals surface area contributed by atoms with E-state index in [1.807, 2.05) is 0 Å². The number of imidazole rings is 1. The van der Waals surface area contributed by atoms with Gasteiger partial charge in [-0.25, -0.2) is 4.98 Å². The van der Waals surface area contributed by atoms with E-state index in [4.69, 9.17) is 4.42 Å². The molecule has 0 atom stereocenters. The van der Waals surface area contributed by atoms with E-state index < -0.39 is 11.7 Å². The lowest BCUT2D eigenvalue weighted by Gasteiger charge is -2.10. The van der Waals surface area contributed by atoms with E-state index in [-0.39, 0.29) is 36.1 Å². The van der Waals surface area contributed by atoms with Gasteiger partial charge < -0.3 is 14.1 Å². The van der Waals surface area contributed by atoms with Crippen LogP contribution in [0.25, 0.3) is 11.0 Å². The standard InChI is InChI=1S/C22H18F3N3O3/c23-22(24,25)15-8-9-18-17(12-15)26-21(28(18)13-16-5-3-11-31-16)27-20(30)10-7-14-4-1-2-6-19(14)29/h1-6,8-9,11-12,29H,7,10,13H2,(H,26,27,30). The topological polar surface area (TPSA) is 80.3 Å². The number of carbonyl (C=O) groups excluding carboxylic acids is 1. The number of aryl methyl sites for hydroxylation is 1. The van der Waals surface area contributed by atoms with E-state index in [2.05, 4.69) is 10.3 Å². The average Bonchev–Trinajstić information content (AvgIpc) is 3.35. The van der Waals surface area contributed by atoms with Crippen molar-refractivity contribution in [1.29, 1.82) is 0 Å². The van der Waals surface area contributed by atoms with Crippen molar-refractivity contribution < 1.29 is 27.5 Å². The van der Waals surface area contributed by atoms with E-state index in [1.54, 1.807) is 34.9 Å². The Bertz CT molecular complexity index is 1210. The zero-order valence-electron chi connectivity index (χ0n) is 16.2. The summed E-state index contributed by atoms with van der Waals surface area (Å²) in [6.07, 6.45) is -2.65. The molecule has 0 unspecified atom stereocenters. The highest BCUT2D eigenvalue weighted by Gasteiger charge is 2.31. The molecule has 31 heavy (non-hydrogen) atoms. The number of phenolic OH excluding ortho intramolecular Hbond substituents is 1. The molecule has 0 spiro atoms. The van der Waals surface area contributed by atoms with Gasteiger partial charge in [0.15, 0.2) is 0 Å². The molecule has 4 rings (SSSR count). The minimum absolute atomic E-state index is 0.0648. The number of phenols is 1. The van der Waals surface area contributed by atoms with Gasteiger partial charge in [0.25, 0.3) is 0 Å². The van der Waals surface area contributed by atoms with Gasteiger partial charge in [-0.05, 0) is 48.4 Å². The lowest BCUT2D eigenvalue weighted by molar-refractivity contribution is -0.137. The quantitative estimate of drug-likeness (QED) is 0.453. The summed E-state index contributed by atoms with van der Waals surface area (Å²) in [5.74, 6) is 0.396. The first-order chi connectivity index (χ1) is 14.8. The van der Waals surface area contributed by atoms with Crippen LogP contribution >= 0.6 is 0 Å². The van der Waals surface area contributed by atoms with Crippen molar-refractivity contribution in [2.24, 2.45) is 0 Å². The Morgan fingerprint density at radius 2 is 1.94 bits per heavy atom. The first kappa shape index (κ1) is 20.5. The molecule has 2 aromatic heterocycles. The highest BCUT2D eigenvalue weighted by molar-refractivity contribution is 5.91. The molecule has 2 aromatic carbocycles. The Kier molecular flexibility index (Phi) is 5.41. The SMILES string of the molecule is O=C(CCc1ccccc1O)Nc1nc2cc(C(F)(F)F)ccc2n1Cc1ccco1. The Hall–Kier alpha value is -3.75. The number of furan rings is 1. The number of nitrogens with zero attached hydrogens (tertiary/aromatic N) is 2. The van der Waals surface area contributed by atoms with Crippen molar-refractivity contribution in [3.63, 3.8) is 0 Å². The summed E-state index contributed by atoms with van der Waals surface area (Å²) in [4.78, 5) is 16.7. The maximum Gasteiger partial charge on any atom is 0.416 e. The van der Waals surface area contributed by atoms with E-state index >= 15 is 0 Å². The van der Waals surface area contributed by atoms with Crippen LogP contribution in [0.2, 0.25) is 0 Å². The van der Waals surface area contributed by atoms with E-state index in [0.29, 0.717) is 23.3 Å². The third-order valence-corrected chi connectivity index (χ3v) is 4.83. The number of amides is 1. The number of halogens is 3. The molecule has 9 heteroatoms. The zero-order valence-corrected chi connectivity index (χ0v) is 16.2. The number of para-hydroxylation sites is 1. The second-order valence-electron chi connectivity index (χ2n) is 6.98. The Morgan fingerprint density at radius 1 is 1.13 bits per heavy atom. The van der Waals surface area contributed by atoms with Gasteiger partial charge >= 0.3 is 6.18 Å². The Morgan fingerprint density at radius 3 is 2.65 bits per heavy atom. The van der Waals surface area contributed by atoms with E-state index in [0.717, 1.165) is 12.1 Å². The molecule has 0 aliphatic carbocycles. The molecule has 2 heterocycles. The Balaban J connectivity index is 1.61. The van der Waals surface area contributed by atoms with Crippen molar-refractivity contribution in [3.8, 4) is 5.75 Å². The molecular weight excluding hydrogens is 411 g/mol. The molecule has 0 saturated carbocycles. The first-order valence-electron chi connectivity index (χ1n) is 9.48. The number of aromatic nitrogens is 2. The zero-order chi connectivity index (χ0) is 22.0. The number of carbonyl (C=O) groups is 1. The summed E-state index contributed by atoms with van der Waals surface area (Å²) < 4.78 is 46.2. The van der Waals surface area contributed by atoms with Gasteiger partial charge in [-0.15, -0.1) is 0 Å². The smallest absolute Gasteiger partial charge is 0.416 e. The monoisotopic (exact) mass is 429 g/mol. The molecule has 0 aliphatic rings. The maximum absolute atomic E-state index is 13.1. The molecule has 2 N–H and O–H groups in total. The summed E-state index contributed by atoms with van der Waals surface area (Å²) in [5, 5.41) is 12.5. The minimum atomic E-state index is -4.50. The second kappa shape index (κ2) is 8.17. The number of nitrogens with one attached hydrogen (secondary N) is 1. The van der Waals surface area contributed by atoms with Crippen LogP contribution in [-0.4, -0.2) is 20.6 Å². The minimum Gasteiger partial charge on any atom is -0.508 e. The van der Waals surface area contributed by atoms with Gasteiger partial charge in [0.2, 0.25) is 11.9 Å². The summed E-state index contributed by atoms with van der Waals surface area (Å²) in [6.45, 7) is 0.184. The Labute approximate surface area is 174 Å². The fourth-order valence-electron chi connectivity index (χ4n) is 3.28.